The van der Waals surface area contributed by atoms with Gasteiger partial charge in [0, 0.05) is 29.0 Å². The number of rotatable bonds is 34. The van der Waals surface area contributed by atoms with Gasteiger partial charge in [-0.2, -0.15) is 0 Å². The van der Waals surface area contributed by atoms with Crippen molar-refractivity contribution in [3.05, 3.63) is 326 Å². The lowest BCUT2D eigenvalue weighted by Gasteiger charge is -2.32. The molecule has 0 unspecified atom stereocenters. The van der Waals surface area contributed by atoms with Crippen molar-refractivity contribution < 1.29 is 52.1 Å². The molecule has 0 aliphatic carbocycles. The van der Waals surface area contributed by atoms with Crippen LogP contribution in [-0.4, -0.2) is 53.9 Å². The van der Waals surface area contributed by atoms with Crippen molar-refractivity contribution in [3.8, 4) is 63.2 Å². The smallest absolute Gasteiger partial charge is 0.123 e. The lowest BCUT2D eigenvalue weighted by atomic mass is 9.71. The molecule has 11 aromatic carbocycles. The molecule has 11 nitrogen and oxygen atoms in total. The monoisotopic (exact) mass is 1530 g/mol. The molecule has 0 aliphatic rings. The Hall–Kier alpha value is -10.8. The maximum absolute atomic E-state index is 6.30. The van der Waals surface area contributed by atoms with Gasteiger partial charge in [0.05, 0.1) is 53.9 Å². The third kappa shape index (κ3) is 27.5. The third-order valence-corrected chi connectivity index (χ3v) is 19.9. The number of methoxy groups -OCH3 is 2. The molecule has 0 fully saturated rings. The molecular weight excluding hydrogens is 1400 g/mol. The van der Waals surface area contributed by atoms with Crippen LogP contribution in [0.15, 0.2) is 237 Å². The van der Waals surface area contributed by atoms with E-state index in [-0.39, 0.29) is 5.41 Å². The first-order valence-corrected chi connectivity index (χ1v) is 40.7. The summed E-state index contributed by atoms with van der Waals surface area (Å²) in [6.07, 6.45) is 6.95. The second kappa shape index (κ2) is 46.9. The summed E-state index contributed by atoms with van der Waals surface area (Å²) in [6, 6.07) is 81.2. The first-order valence-electron chi connectivity index (χ1n) is 40.7. The highest BCUT2D eigenvalue weighted by Gasteiger charge is 2.32. The van der Waals surface area contributed by atoms with Crippen LogP contribution in [0.1, 0.15) is 193 Å². The van der Waals surface area contributed by atoms with Crippen molar-refractivity contribution in [3.63, 3.8) is 0 Å². The summed E-state index contributed by atoms with van der Waals surface area (Å²) in [5.74, 6) is 8.58. The molecule has 113 heavy (non-hydrogen) atoms. The maximum Gasteiger partial charge on any atom is 0.123 e. The van der Waals surface area contributed by atoms with Gasteiger partial charge in [-0.05, 0) is 276 Å². The molecule has 11 heteroatoms. The molecular formula is C102H126O11. The molecule has 0 amide bonds. The second-order valence-electron chi connectivity index (χ2n) is 28.2. The average molecular weight is 1530 g/mol. The molecule has 0 spiro atoms. The summed E-state index contributed by atoms with van der Waals surface area (Å²) in [7, 11) is 3.37. The summed E-state index contributed by atoms with van der Waals surface area (Å²) in [5, 5.41) is 0. The van der Waals surface area contributed by atoms with Crippen molar-refractivity contribution in [2.24, 2.45) is 0 Å². The van der Waals surface area contributed by atoms with Crippen molar-refractivity contribution >= 4 is 0 Å². The highest BCUT2D eigenvalue weighted by molar-refractivity contribution is 5.53. The minimum Gasteiger partial charge on any atom is -0.497 e. The summed E-state index contributed by atoms with van der Waals surface area (Å²) in [6.45, 7) is 40.6. The van der Waals surface area contributed by atoms with Crippen LogP contribution < -0.4 is 52.1 Å². The number of aryl methyl sites for hydroxylation is 8. The van der Waals surface area contributed by atoms with Gasteiger partial charge in [0.2, 0.25) is 0 Å². The summed E-state index contributed by atoms with van der Waals surface area (Å²) in [5.41, 5.74) is 19.8. The minimum absolute atomic E-state index is 0.0431. The summed E-state index contributed by atoms with van der Waals surface area (Å²) in [4.78, 5) is 0. The highest BCUT2D eigenvalue weighted by Crippen LogP contribution is 2.42. The average Bonchev–Trinajstić information content (AvgIpc) is 0.764. The van der Waals surface area contributed by atoms with Crippen molar-refractivity contribution in [1.29, 1.82) is 0 Å². The van der Waals surface area contributed by atoms with Crippen LogP contribution in [0.4, 0.5) is 0 Å². The van der Waals surface area contributed by atoms with Crippen molar-refractivity contribution in [1.82, 2.24) is 0 Å². The first kappa shape index (κ1) is 89.4. The molecule has 0 saturated carbocycles. The standard InChI is InChI=1S/C53H60O9.C17H20O2.C14H22.C10H14.C8H10/c1-8-54-47-26-38(27-48(32-47)55-9-2)35-60-44-20-14-41(15-21-44)53(7,42-16-22-45(23-17-42)61-36-39-28-49(56-10-3)33-50(29-39)57-11-4)43-18-24-46(25-19-43)62-37-40-30-51(58-12-5)34-52(31-40)59-13-6;1-17(2,13-5-9-15(18-3)10-6-13)14-7-11-16(19-4)12-8-14;1-5-11-9-13(7-3)14(8-4)10-12(11)6-2;1-3-9-5-7-10(4-2)8-6-9;1-7-3-5-8(2)6-4-7/h14-34H,8-13,35-37H2,1-7H3;5-12H,1-4H3;9-10H,5-8H2,1-4H3;5-8H,3-4H2,1-2H3;3-6H,1-2H3. The Balaban J connectivity index is 0.000000274. The van der Waals surface area contributed by atoms with Crippen LogP contribution in [0, 0.1) is 13.8 Å². The van der Waals surface area contributed by atoms with Crippen LogP contribution in [0.25, 0.3) is 0 Å². The number of hydrogen-bond donors (Lipinski definition) is 0. The van der Waals surface area contributed by atoms with E-state index in [2.05, 4.69) is 197 Å². The van der Waals surface area contributed by atoms with Gasteiger partial charge in [-0.15, -0.1) is 0 Å². The molecule has 11 aromatic rings. The van der Waals surface area contributed by atoms with E-state index in [9.17, 15) is 0 Å². The van der Waals surface area contributed by atoms with E-state index in [0.717, 1.165) is 109 Å². The van der Waals surface area contributed by atoms with E-state index in [4.69, 9.17) is 52.1 Å². The summed E-state index contributed by atoms with van der Waals surface area (Å²) >= 11 is 0. The number of ether oxygens (including phenoxy) is 11. The van der Waals surface area contributed by atoms with E-state index >= 15 is 0 Å². The Morgan fingerprint density at radius 2 is 0.434 bits per heavy atom. The van der Waals surface area contributed by atoms with Gasteiger partial charge in [-0.25, -0.2) is 0 Å². The van der Waals surface area contributed by atoms with Gasteiger partial charge in [-0.3, -0.25) is 0 Å². The molecule has 600 valence electrons. The van der Waals surface area contributed by atoms with Gasteiger partial charge in [-0.1, -0.05) is 188 Å². The van der Waals surface area contributed by atoms with Crippen LogP contribution in [0.3, 0.4) is 0 Å². The Morgan fingerprint density at radius 1 is 0.212 bits per heavy atom. The van der Waals surface area contributed by atoms with E-state index in [0.29, 0.717) is 59.5 Å². The maximum atomic E-state index is 6.30. The van der Waals surface area contributed by atoms with E-state index < -0.39 is 5.41 Å². The van der Waals surface area contributed by atoms with Gasteiger partial charge in [0.15, 0.2) is 0 Å². The lowest BCUT2D eigenvalue weighted by molar-refractivity contribution is 0.297. The fraction of sp³-hybridized carbons (Fsp3) is 0.353. The van der Waals surface area contributed by atoms with E-state index in [1.54, 1.807) is 36.5 Å². The summed E-state index contributed by atoms with van der Waals surface area (Å²) < 4.78 is 64.0. The Bertz CT molecular complexity index is 4050. The molecule has 0 bridgehead atoms. The lowest BCUT2D eigenvalue weighted by Crippen LogP contribution is -2.25. The normalized spacial score (nSPS) is 10.8. The minimum atomic E-state index is -0.551. The van der Waals surface area contributed by atoms with Crippen LogP contribution in [-0.2, 0) is 69.2 Å². The van der Waals surface area contributed by atoms with Crippen LogP contribution in [0.5, 0.6) is 63.2 Å². The van der Waals surface area contributed by atoms with Gasteiger partial charge in [0.1, 0.15) is 83.1 Å². The molecule has 0 N–H and O–H groups in total. The Labute approximate surface area is 677 Å². The van der Waals surface area contributed by atoms with Crippen LogP contribution >= 0.6 is 0 Å². The van der Waals surface area contributed by atoms with Gasteiger partial charge in [0.25, 0.3) is 0 Å². The zero-order chi connectivity index (χ0) is 81.6. The van der Waals surface area contributed by atoms with Crippen molar-refractivity contribution in [2.45, 2.75) is 187 Å². The fourth-order valence-corrected chi connectivity index (χ4v) is 13.2. The zero-order valence-electron chi connectivity index (χ0n) is 71.1. The molecule has 11 rings (SSSR count). The van der Waals surface area contributed by atoms with Gasteiger partial charge < -0.3 is 52.1 Å². The predicted octanol–water partition coefficient (Wildman–Crippen LogP) is 25.3. The zero-order valence-corrected chi connectivity index (χ0v) is 71.1. The molecule has 0 atom stereocenters. The number of hydrogen-bond acceptors (Lipinski definition) is 11. The molecule has 0 aromatic heterocycles. The predicted molar refractivity (Wildman–Crippen MR) is 467 cm³/mol. The fourth-order valence-electron chi connectivity index (χ4n) is 13.2. The highest BCUT2D eigenvalue weighted by atomic mass is 16.5. The molecule has 0 aliphatic heterocycles. The number of benzene rings is 11. The SMILES string of the molecule is CCOc1cc(COc2ccc(C(C)(c3ccc(OCc4cc(OCC)cc(OCC)c4)cc3)c3ccc(OCc4cc(OCC)cc(OCC)c4)cc3)cc2)cc(OCC)c1.CCc1cc(CC)c(CC)cc1CC.CCc1ccc(CC)cc1.COc1ccc(C(C)(C)c2ccc(OC)cc2)cc1.Cc1ccc(C)cc1. The molecule has 0 radical (unpaired) electrons. The Kier molecular flexibility index (Phi) is 37.1. The second-order valence-corrected chi connectivity index (χ2v) is 28.2. The van der Waals surface area contributed by atoms with Crippen LogP contribution in [0.2, 0.25) is 0 Å². The van der Waals surface area contributed by atoms with Crippen molar-refractivity contribution in [2.75, 3.05) is 53.9 Å². The Morgan fingerprint density at radius 3 is 0.637 bits per heavy atom. The first-order chi connectivity index (χ1) is 54.7. The van der Waals surface area contributed by atoms with Gasteiger partial charge >= 0.3 is 0 Å². The topological polar surface area (TPSA) is 102 Å². The quantitative estimate of drug-likeness (QED) is 0.0360. The van der Waals surface area contributed by atoms with E-state index in [1.807, 2.05) is 157 Å². The van der Waals surface area contributed by atoms with E-state index in [1.165, 1.54) is 59.1 Å². The largest absolute Gasteiger partial charge is 0.497 e. The molecule has 0 saturated heterocycles. The third-order valence-electron chi connectivity index (χ3n) is 19.9. The molecule has 0 heterocycles.